The van der Waals surface area contributed by atoms with Gasteiger partial charge in [0.1, 0.15) is 0 Å². The molecule has 0 aliphatic carbocycles. The Hall–Kier alpha value is -1.24. The molecule has 1 unspecified atom stereocenters. The number of thioether (sulfide) groups is 1. The van der Waals surface area contributed by atoms with Crippen LogP contribution in [0, 0.1) is 0 Å². The maximum atomic E-state index is 6.16. The van der Waals surface area contributed by atoms with Crippen LogP contribution in [-0.2, 0) is 13.1 Å². The number of halogens is 1. The van der Waals surface area contributed by atoms with Gasteiger partial charge in [0.25, 0.3) is 0 Å². The average Bonchev–Trinajstić information content (AvgIpc) is 2.87. The van der Waals surface area contributed by atoms with Crippen molar-refractivity contribution in [2.75, 3.05) is 11.4 Å². The van der Waals surface area contributed by atoms with E-state index in [4.69, 9.17) is 21.9 Å². The predicted octanol–water partition coefficient (Wildman–Crippen LogP) is 3.07. The average molecular weight is 325 g/mol. The number of anilines is 1. The summed E-state index contributed by atoms with van der Waals surface area (Å²) in [6, 6.07) is 6.02. The van der Waals surface area contributed by atoms with Gasteiger partial charge >= 0.3 is 0 Å². The monoisotopic (exact) mass is 324 g/mol. The molecule has 1 aromatic heterocycles. The van der Waals surface area contributed by atoms with Crippen LogP contribution in [0.3, 0.4) is 0 Å². The SMILES string of the molecule is CC1CCN(Cc2noc(CN)n2)c2cc(Cl)ccc2S1. The minimum atomic E-state index is 0.266. The molecule has 2 aromatic rings. The van der Waals surface area contributed by atoms with Crippen LogP contribution in [0.5, 0.6) is 0 Å². The second-order valence-electron chi connectivity index (χ2n) is 5.06. The maximum absolute atomic E-state index is 6.16. The molecule has 0 saturated carbocycles. The number of fused-ring (bicyclic) bond motifs is 1. The normalized spacial score (nSPS) is 18.4. The lowest BCUT2D eigenvalue weighted by Crippen LogP contribution is -2.25. The van der Waals surface area contributed by atoms with Crippen LogP contribution in [0.2, 0.25) is 5.02 Å². The highest BCUT2D eigenvalue weighted by molar-refractivity contribution is 8.00. The molecule has 0 fully saturated rings. The summed E-state index contributed by atoms with van der Waals surface area (Å²) in [5.41, 5.74) is 6.64. The van der Waals surface area contributed by atoms with Crippen molar-refractivity contribution in [3.63, 3.8) is 0 Å². The van der Waals surface area contributed by atoms with Crippen molar-refractivity contribution in [1.29, 1.82) is 0 Å². The van der Waals surface area contributed by atoms with Gasteiger partial charge in [-0.3, -0.25) is 0 Å². The molecule has 0 amide bonds. The number of hydrogen-bond donors (Lipinski definition) is 1. The first-order chi connectivity index (χ1) is 10.2. The van der Waals surface area contributed by atoms with E-state index in [1.807, 2.05) is 23.9 Å². The topological polar surface area (TPSA) is 68.2 Å². The number of nitrogens with zero attached hydrogens (tertiary/aromatic N) is 3. The molecule has 0 radical (unpaired) electrons. The van der Waals surface area contributed by atoms with Gasteiger partial charge < -0.3 is 15.2 Å². The second-order valence-corrected chi connectivity index (χ2v) is 6.98. The lowest BCUT2D eigenvalue weighted by atomic mass is 10.2. The van der Waals surface area contributed by atoms with E-state index in [9.17, 15) is 0 Å². The van der Waals surface area contributed by atoms with Crippen LogP contribution >= 0.6 is 23.4 Å². The van der Waals surface area contributed by atoms with Crippen LogP contribution < -0.4 is 10.6 Å². The van der Waals surface area contributed by atoms with E-state index in [-0.39, 0.29) is 6.54 Å². The Kier molecular flexibility index (Phi) is 4.37. The molecule has 0 bridgehead atoms. The van der Waals surface area contributed by atoms with Crippen LogP contribution in [0.4, 0.5) is 5.69 Å². The molecule has 1 aliphatic rings. The zero-order chi connectivity index (χ0) is 14.8. The number of benzene rings is 1. The Morgan fingerprint density at radius 2 is 2.38 bits per heavy atom. The van der Waals surface area contributed by atoms with Crippen molar-refractivity contribution >= 4 is 29.1 Å². The first-order valence-electron chi connectivity index (χ1n) is 6.88. The zero-order valence-corrected chi connectivity index (χ0v) is 13.3. The minimum absolute atomic E-state index is 0.266. The van der Waals surface area contributed by atoms with Crippen molar-refractivity contribution in [2.24, 2.45) is 5.73 Å². The first-order valence-corrected chi connectivity index (χ1v) is 8.14. The summed E-state index contributed by atoms with van der Waals surface area (Å²) in [7, 11) is 0. The highest BCUT2D eigenvalue weighted by Crippen LogP contribution is 2.39. The number of nitrogens with two attached hydrogens (primary N) is 1. The van der Waals surface area contributed by atoms with Crippen LogP contribution in [0.25, 0.3) is 0 Å². The molecular weight excluding hydrogens is 308 g/mol. The molecule has 3 rings (SSSR count). The molecule has 112 valence electrons. The van der Waals surface area contributed by atoms with Crippen molar-refractivity contribution < 1.29 is 4.52 Å². The molecule has 21 heavy (non-hydrogen) atoms. The third-order valence-electron chi connectivity index (χ3n) is 3.41. The van der Waals surface area contributed by atoms with Gasteiger partial charge in [-0.2, -0.15) is 4.98 Å². The standard InChI is InChI=1S/C14H17ClN4OS/c1-9-4-5-19(8-13-17-14(7-16)20-18-13)11-6-10(15)2-3-12(11)21-9/h2-3,6,9H,4-5,7-8,16H2,1H3. The summed E-state index contributed by atoms with van der Waals surface area (Å²) in [6.45, 7) is 4.05. The first kappa shape index (κ1) is 14.7. The van der Waals surface area contributed by atoms with Crippen LogP contribution in [0.15, 0.2) is 27.6 Å². The van der Waals surface area contributed by atoms with E-state index in [0.717, 1.165) is 23.7 Å². The van der Waals surface area contributed by atoms with Gasteiger partial charge in [0.2, 0.25) is 5.89 Å². The van der Waals surface area contributed by atoms with Gasteiger partial charge in [-0.25, -0.2) is 0 Å². The molecule has 7 heteroatoms. The summed E-state index contributed by atoms with van der Waals surface area (Å²) < 4.78 is 5.08. The fourth-order valence-electron chi connectivity index (χ4n) is 2.34. The van der Waals surface area contributed by atoms with Gasteiger partial charge in [-0.15, -0.1) is 11.8 Å². The number of rotatable bonds is 3. The molecule has 0 saturated heterocycles. The predicted molar refractivity (Wildman–Crippen MR) is 84.6 cm³/mol. The fourth-order valence-corrected chi connectivity index (χ4v) is 3.62. The molecule has 1 aromatic carbocycles. The Bertz CT molecular complexity index is 633. The van der Waals surface area contributed by atoms with Gasteiger partial charge in [0.05, 0.1) is 18.8 Å². The van der Waals surface area contributed by atoms with E-state index in [0.29, 0.717) is 23.5 Å². The quantitative estimate of drug-likeness (QED) is 0.935. The molecule has 5 nitrogen and oxygen atoms in total. The lowest BCUT2D eigenvalue weighted by molar-refractivity contribution is 0.374. The zero-order valence-electron chi connectivity index (χ0n) is 11.8. The summed E-state index contributed by atoms with van der Waals surface area (Å²) in [5.74, 6) is 1.12. The third-order valence-corrected chi connectivity index (χ3v) is 4.88. The van der Waals surface area contributed by atoms with E-state index in [1.54, 1.807) is 0 Å². The molecule has 1 atom stereocenters. The molecule has 0 spiro atoms. The molecular formula is C14H17ClN4OS. The molecule has 2 N–H and O–H groups in total. The van der Waals surface area contributed by atoms with Gasteiger partial charge in [0.15, 0.2) is 5.82 Å². The Balaban J connectivity index is 1.89. The van der Waals surface area contributed by atoms with Crippen molar-refractivity contribution in [1.82, 2.24) is 10.1 Å². The summed E-state index contributed by atoms with van der Waals surface area (Å²) >= 11 is 8.04. The number of hydrogen-bond acceptors (Lipinski definition) is 6. The largest absolute Gasteiger partial charge is 0.363 e. The highest BCUT2D eigenvalue weighted by Gasteiger charge is 2.21. The van der Waals surface area contributed by atoms with Gasteiger partial charge in [-0.05, 0) is 24.6 Å². The summed E-state index contributed by atoms with van der Waals surface area (Å²) in [4.78, 5) is 7.78. The van der Waals surface area contributed by atoms with Crippen LogP contribution in [0.1, 0.15) is 25.1 Å². The van der Waals surface area contributed by atoms with Crippen molar-refractivity contribution in [2.45, 2.75) is 36.6 Å². The van der Waals surface area contributed by atoms with Gasteiger partial charge in [-0.1, -0.05) is 23.7 Å². The Labute approximate surface area is 132 Å². The smallest absolute Gasteiger partial charge is 0.240 e. The van der Waals surface area contributed by atoms with Crippen molar-refractivity contribution in [3.8, 4) is 0 Å². The molecule has 1 aliphatic heterocycles. The summed E-state index contributed by atoms with van der Waals surface area (Å²) in [5, 5.41) is 5.29. The fraction of sp³-hybridized carbons (Fsp3) is 0.429. The van der Waals surface area contributed by atoms with E-state index in [1.165, 1.54) is 4.90 Å². The highest BCUT2D eigenvalue weighted by atomic mass is 35.5. The Morgan fingerprint density at radius 3 is 3.14 bits per heavy atom. The molecule has 2 heterocycles. The third kappa shape index (κ3) is 3.33. The van der Waals surface area contributed by atoms with Gasteiger partial charge in [0, 0.05) is 21.7 Å². The maximum Gasteiger partial charge on any atom is 0.240 e. The van der Waals surface area contributed by atoms with E-state index >= 15 is 0 Å². The van der Waals surface area contributed by atoms with E-state index < -0.39 is 0 Å². The van der Waals surface area contributed by atoms with E-state index in [2.05, 4.69) is 28.0 Å². The number of aromatic nitrogens is 2. The minimum Gasteiger partial charge on any atom is -0.363 e. The van der Waals surface area contributed by atoms with Crippen LogP contribution in [-0.4, -0.2) is 21.9 Å². The second kappa shape index (κ2) is 6.25. The lowest BCUT2D eigenvalue weighted by Gasteiger charge is -2.23. The van der Waals surface area contributed by atoms with Crippen molar-refractivity contribution in [3.05, 3.63) is 34.9 Å². The Morgan fingerprint density at radius 1 is 1.52 bits per heavy atom. The summed E-state index contributed by atoms with van der Waals surface area (Å²) in [6.07, 6.45) is 1.10.